The Bertz CT molecular complexity index is 315. The van der Waals surface area contributed by atoms with Crippen LogP contribution in [0.2, 0.25) is 0 Å². The quantitative estimate of drug-likeness (QED) is 0.724. The number of pyridine rings is 1. The molecule has 0 spiro atoms. The van der Waals surface area contributed by atoms with E-state index in [1.165, 1.54) is 18.7 Å². The molecule has 0 aromatic carbocycles. The summed E-state index contributed by atoms with van der Waals surface area (Å²) >= 11 is 5.91. The van der Waals surface area contributed by atoms with Crippen molar-refractivity contribution >= 4 is 17.4 Å². The van der Waals surface area contributed by atoms with Crippen LogP contribution in [0.3, 0.4) is 0 Å². The number of hydrogen-bond acceptors (Lipinski definition) is 2. The minimum absolute atomic E-state index is 0.293. The van der Waals surface area contributed by atoms with Gasteiger partial charge in [0.1, 0.15) is 11.6 Å². The molecule has 0 radical (unpaired) electrons. The lowest BCUT2D eigenvalue weighted by Crippen LogP contribution is -2.41. The molecule has 2 nitrogen and oxygen atoms in total. The summed E-state index contributed by atoms with van der Waals surface area (Å²) in [5, 5.41) is 0. The highest BCUT2D eigenvalue weighted by Gasteiger charge is 2.22. The minimum atomic E-state index is -0.293. The van der Waals surface area contributed by atoms with Crippen molar-refractivity contribution in [2.24, 2.45) is 0 Å². The Morgan fingerprint density at radius 2 is 2.33 bits per heavy atom. The van der Waals surface area contributed by atoms with Gasteiger partial charge in [-0.1, -0.05) is 0 Å². The van der Waals surface area contributed by atoms with E-state index in [0.717, 1.165) is 25.2 Å². The number of aromatic nitrogens is 1. The first-order valence-electron chi connectivity index (χ1n) is 5.25. The Kier molecular flexibility index (Phi) is 3.41. The lowest BCUT2D eigenvalue weighted by molar-refractivity contribution is 0.483. The van der Waals surface area contributed by atoms with Gasteiger partial charge >= 0.3 is 0 Å². The molecule has 1 aromatic rings. The number of hydrogen-bond donors (Lipinski definition) is 0. The topological polar surface area (TPSA) is 16.1 Å². The van der Waals surface area contributed by atoms with Crippen LogP contribution in [0.25, 0.3) is 0 Å². The molecule has 1 unspecified atom stereocenters. The van der Waals surface area contributed by atoms with Crippen molar-refractivity contribution in [2.75, 3.05) is 17.3 Å². The first kappa shape index (κ1) is 10.7. The summed E-state index contributed by atoms with van der Waals surface area (Å²) < 4.78 is 12.7. The molecule has 1 fully saturated rings. The first-order chi connectivity index (χ1) is 7.31. The van der Waals surface area contributed by atoms with E-state index >= 15 is 0 Å². The molecule has 0 aliphatic carbocycles. The number of alkyl halides is 1. The van der Waals surface area contributed by atoms with Crippen LogP contribution in [0.4, 0.5) is 10.2 Å². The smallest absolute Gasteiger partial charge is 0.141 e. The molecule has 0 saturated carbocycles. The van der Waals surface area contributed by atoms with Gasteiger partial charge in [0.25, 0.3) is 0 Å². The van der Waals surface area contributed by atoms with E-state index in [9.17, 15) is 4.39 Å². The molecule has 1 aliphatic heterocycles. The van der Waals surface area contributed by atoms with Gasteiger partial charge in [0, 0.05) is 18.5 Å². The average Bonchev–Trinajstić information content (AvgIpc) is 2.30. The first-order valence-corrected chi connectivity index (χ1v) is 5.79. The summed E-state index contributed by atoms with van der Waals surface area (Å²) in [5.41, 5.74) is 0. The maximum atomic E-state index is 12.7. The van der Waals surface area contributed by atoms with Crippen molar-refractivity contribution in [1.29, 1.82) is 0 Å². The largest absolute Gasteiger partial charge is 0.352 e. The molecule has 2 heterocycles. The number of anilines is 1. The Hall–Kier alpha value is -0.830. The van der Waals surface area contributed by atoms with E-state index in [-0.39, 0.29) is 5.82 Å². The number of halogens is 2. The van der Waals surface area contributed by atoms with E-state index in [0.29, 0.717) is 11.9 Å². The normalized spacial score (nSPS) is 21.7. The minimum Gasteiger partial charge on any atom is -0.352 e. The zero-order chi connectivity index (χ0) is 10.7. The maximum absolute atomic E-state index is 12.7. The molecule has 0 N–H and O–H groups in total. The molecule has 4 heteroatoms. The highest BCUT2D eigenvalue weighted by atomic mass is 35.5. The highest BCUT2D eigenvalue weighted by Crippen LogP contribution is 2.23. The Balaban J connectivity index is 2.16. The van der Waals surface area contributed by atoms with Gasteiger partial charge in [0.2, 0.25) is 0 Å². The van der Waals surface area contributed by atoms with E-state index in [1.807, 2.05) is 0 Å². The fourth-order valence-electron chi connectivity index (χ4n) is 2.00. The molecule has 1 aliphatic rings. The fourth-order valence-corrected chi connectivity index (χ4v) is 2.32. The van der Waals surface area contributed by atoms with Crippen molar-refractivity contribution < 1.29 is 4.39 Å². The number of piperidine rings is 1. The van der Waals surface area contributed by atoms with Crippen molar-refractivity contribution in [1.82, 2.24) is 4.98 Å². The third kappa shape index (κ3) is 2.40. The second kappa shape index (κ2) is 4.79. The molecular weight excluding hydrogens is 215 g/mol. The zero-order valence-electron chi connectivity index (χ0n) is 8.50. The number of rotatable bonds is 2. The van der Waals surface area contributed by atoms with E-state index in [4.69, 9.17) is 11.6 Å². The Morgan fingerprint density at radius 3 is 3.00 bits per heavy atom. The molecule has 0 bridgehead atoms. The monoisotopic (exact) mass is 228 g/mol. The van der Waals surface area contributed by atoms with Crippen molar-refractivity contribution in [3.05, 3.63) is 24.1 Å². The maximum Gasteiger partial charge on any atom is 0.141 e. The van der Waals surface area contributed by atoms with Crippen LogP contribution in [0, 0.1) is 5.82 Å². The molecule has 0 amide bonds. The van der Waals surface area contributed by atoms with Crippen LogP contribution in [-0.2, 0) is 0 Å². The van der Waals surface area contributed by atoms with Crippen LogP contribution in [-0.4, -0.2) is 23.5 Å². The molecular formula is C11H14ClFN2. The standard InChI is InChI=1S/C11H14ClFN2/c12-7-10-3-1-2-6-15(10)11-5-4-9(13)8-14-11/h4-5,8,10H,1-3,6-7H2. The molecule has 15 heavy (non-hydrogen) atoms. The summed E-state index contributed by atoms with van der Waals surface area (Å²) in [6, 6.07) is 3.51. The van der Waals surface area contributed by atoms with Gasteiger partial charge in [-0.2, -0.15) is 0 Å². The van der Waals surface area contributed by atoms with Gasteiger partial charge in [-0.3, -0.25) is 0 Å². The SMILES string of the molecule is Fc1ccc(N2CCCCC2CCl)nc1. The van der Waals surface area contributed by atoms with Gasteiger partial charge in [-0.15, -0.1) is 11.6 Å². The molecule has 1 saturated heterocycles. The molecule has 1 atom stereocenters. The highest BCUT2D eigenvalue weighted by molar-refractivity contribution is 6.18. The van der Waals surface area contributed by atoms with Gasteiger partial charge < -0.3 is 4.90 Å². The Labute approximate surface area is 94.1 Å². The second-order valence-corrected chi connectivity index (χ2v) is 4.14. The van der Waals surface area contributed by atoms with Crippen LogP contribution >= 0.6 is 11.6 Å². The van der Waals surface area contributed by atoms with E-state index < -0.39 is 0 Å². The molecule has 1 aromatic heterocycles. The lowest BCUT2D eigenvalue weighted by atomic mass is 10.0. The fraction of sp³-hybridized carbons (Fsp3) is 0.545. The third-order valence-electron chi connectivity index (χ3n) is 2.81. The summed E-state index contributed by atoms with van der Waals surface area (Å²) in [7, 11) is 0. The summed E-state index contributed by atoms with van der Waals surface area (Å²) in [6.45, 7) is 0.968. The van der Waals surface area contributed by atoms with Crippen molar-refractivity contribution in [2.45, 2.75) is 25.3 Å². The van der Waals surface area contributed by atoms with E-state index in [1.54, 1.807) is 6.07 Å². The van der Waals surface area contributed by atoms with Crippen LogP contribution < -0.4 is 4.90 Å². The lowest BCUT2D eigenvalue weighted by Gasteiger charge is -2.35. The van der Waals surface area contributed by atoms with Crippen molar-refractivity contribution in [3.63, 3.8) is 0 Å². The zero-order valence-corrected chi connectivity index (χ0v) is 9.25. The number of nitrogens with zero attached hydrogens (tertiary/aromatic N) is 2. The van der Waals surface area contributed by atoms with E-state index in [2.05, 4.69) is 9.88 Å². The second-order valence-electron chi connectivity index (χ2n) is 3.83. The van der Waals surface area contributed by atoms with Crippen molar-refractivity contribution in [3.8, 4) is 0 Å². The molecule has 2 rings (SSSR count). The van der Waals surface area contributed by atoms with Crippen LogP contribution in [0.1, 0.15) is 19.3 Å². The van der Waals surface area contributed by atoms with Gasteiger partial charge in [-0.25, -0.2) is 9.37 Å². The van der Waals surface area contributed by atoms with Gasteiger partial charge in [-0.05, 0) is 31.4 Å². The Morgan fingerprint density at radius 1 is 1.47 bits per heavy atom. The van der Waals surface area contributed by atoms with Gasteiger partial charge in [0.15, 0.2) is 0 Å². The third-order valence-corrected chi connectivity index (χ3v) is 3.17. The van der Waals surface area contributed by atoms with Crippen LogP contribution in [0.15, 0.2) is 18.3 Å². The molecule has 82 valence electrons. The predicted molar refractivity (Wildman–Crippen MR) is 59.9 cm³/mol. The predicted octanol–water partition coefficient (Wildman–Crippen LogP) is 2.82. The average molecular weight is 229 g/mol. The van der Waals surface area contributed by atoms with Gasteiger partial charge in [0.05, 0.1) is 6.20 Å². The summed E-state index contributed by atoms with van der Waals surface area (Å²) in [5.74, 6) is 1.15. The summed E-state index contributed by atoms with van der Waals surface area (Å²) in [6.07, 6.45) is 4.74. The summed E-state index contributed by atoms with van der Waals surface area (Å²) in [4.78, 5) is 6.27. The van der Waals surface area contributed by atoms with Crippen LogP contribution in [0.5, 0.6) is 0 Å².